The number of nitriles is 1. The summed E-state index contributed by atoms with van der Waals surface area (Å²) < 4.78 is 0.788. The van der Waals surface area contributed by atoms with Gasteiger partial charge in [0.15, 0.2) is 5.13 Å². The van der Waals surface area contributed by atoms with Gasteiger partial charge in [0.1, 0.15) is 6.07 Å². The Bertz CT molecular complexity index is 1620. The molecule has 1 aliphatic heterocycles. The number of piperidine rings is 1. The van der Waals surface area contributed by atoms with Crippen LogP contribution in [0, 0.1) is 16.7 Å². The fourth-order valence-corrected chi connectivity index (χ4v) is 6.21. The van der Waals surface area contributed by atoms with Crippen molar-refractivity contribution in [3.05, 3.63) is 48.4 Å². The van der Waals surface area contributed by atoms with Crippen molar-refractivity contribution < 1.29 is 14.7 Å². The van der Waals surface area contributed by atoms with E-state index in [1.54, 1.807) is 30.7 Å². The van der Waals surface area contributed by atoms with Crippen molar-refractivity contribution in [2.75, 3.05) is 29.9 Å². The molecule has 41 heavy (non-hydrogen) atoms. The molecule has 11 nitrogen and oxygen atoms in total. The standard InChI is InChI=1S/C29H30N8O3S/c1-3-7-29(25(38)39)8-11-37(12-9-29)26-33-16-20(17-34-26)19-13-21(23-18(15-30)6-5-10-32-23)24-22(14-19)35-28(41-24)36-27(40)31-4-2/h5-6,10,13-14,16-17H,3-4,7-9,11-12H2,1-2H3,(H,38,39)(H2,31,35,36,40). The van der Waals surface area contributed by atoms with E-state index >= 15 is 0 Å². The minimum absolute atomic E-state index is 0.346. The number of rotatable bonds is 8. The number of anilines is 2. The first-order valence-corrected chi connectivity index (χ1v) is 14.3. The summed E-state index contributed by atoms with van der Waals surface area (Å²) in [6.45, 7) is 5.50. The van der Waals surface area contributed by atoms with Crippen LogP contribution in [-0.4, -0.2) is 56.7 Å². The number of urea groups is 1. The molecule has 5 rings (SSSR count). The second kappa shape index (κ2) is 11.9. The highest BCUT2D eigenvalue weighted by Gasteiger charge is 2.41. The van der Waals surface area contributed by atoms with Crippen molar-refractivity contribution in [3.63, 3.8) is 0 Å². The zero-order chi connectivity index (χ0) is 29.0. The Morgan fingerprint density at radius 2 is 1.90 bits per heavy atom. The summed E-state index contributed by atoms with van der Waals surface area (Å²) in [5, 5.41) is 25.5. The largest absolute Gasteiger partial charge is 0.481 e. The van der Waals surface area contributed by atoms with Crippen molar-refractivity contribution >= 4 is 44.6 Å². The van der Waals surface area contributed by atoms with Crippen LogP contribution < -0.4 is 15.5 Å². The molecule has 12 heteroatoms. The van der Waals surface area contributed by atoms with Crippen LogP contribution in [0.15, 0.2) is 42.9 Å². The molecule has 0 unspecified atom stereocenters. The molecular formula is C29H30N8O3S. The third kappa shape index (κ3) is 5.67. The number of carbonyl (C=O) groups is 2. The lowest BCUT2D eigenvalue weighted by atomic mass is 9.75. The van der Waals surface area contributed by atoms with E-state index in [0.717, 1.165) is 27.8 Å². The number of aliphatic carboxylic acids is 1. The molecule has 1 aliphatic rings. The molecule has 4 aromatic rings. The molecule has 1 aromatic carbocycles. The van der Waals surface area contributed by atoms with Gasteiger partial charge in [0.05, 0.1) is 26.9 Å². The van der Waals surface area contributed by atoms with Gasteiger partial charge < -0.3 is 15.3 Å². The predicted molar refractivity (Wildman–Crippen MR) is 158 cm³/mol. The Morgan fingerprint density at radius 1 is 1.15 bits per heavy atom. The maximum Gasteiger partial charge on any atom is 0.321 e. The average molecular weight is 571 g/mol. The van der Waals surface area contributed by atoms with E-state index in [9.17, 15) is 20.0 Å². The number of benzene rings is 1. The molecule has 0 radical (unpaired) electrons. The fraction of sp³-hybridized carbons (Fsp3) is 0.345. The zero-order valence-corrected chi connectivity index (χ0v) is 23.7. The van der Waals surface area contributed by atoms with E-state index in [4.69, 9.17) is 0 Å². The van der Waals surface area contributed by atoms with Crippen LogP contribution in [0.4, 0.5) is 15.9 Å². The van der Waals surface area contributed by atoms with Gasteiger partial charge in [0, 0.05) is 49.4 Å². The monoisotopic (exact) mass is 570 g/mol. The molecular weight excluding hydrogens is 540 g/mol. The Balaban J connectivity index is 1.48. The van der Waals surface area contributed by atoms with E-state index < -0.39 is 11.4 Å². The summed E-state index contributed by atoms with van der Waals surface area (Å²) in [6, 6.07) is 9.13. The Kier molecular flexibility index (Phi) is 8.07. The summed E-state index contributed by atoms with van der Waals surface area (Å²) in [4.78, 5) is 44.5. The van der Waals surface area contributed by atoms with Gasteiger partial charge in [-0.2, -0.15) is 5.26 Å². The minimum atomic E-state index is -0.722. The van der Waals surface area contributed by atoms with Crippen LogP contribution >= 0.6 is 11.3 Å². The third-order valence-electron chi connectivity index (χ3n) is 7.39. The molecule has 4 heterocycles. The number of carboxylic acids is 1. The molecule has 2 amide bonds. The van der Waals surface area contributed by atoms with Gasteiger partial charge in [0.2, 0.25) is 5.95 Å². The summed E-state index contributed by atoms with van der Waals surface area (Å²) >= 11 is 1.31. The van der Waals surface area contributed by atoms with Crippen LogP contribution in [0.3, 0.4) is 0 Å². The normalized spacial score (nSPS) is 14.4. The minimum Gasteiger partial charge on any atom is -0.481 e. The van der Waals surface area contributed by atoms with Crippen molar-refractivity contribution in [2.24, 2.45) is 5.41 Å². The second-order valence-electron chi connectivity index (χ2n) is 9.98. The van der Waals surface area contributed by atoms with Gasteiger partial charge in [-0.15, -0.1) is 0 Å². The molecule has 0 saturated carbocycles. The molecule has 1 saturated heterocycles. The Morgan fingerprint density at radius 3 is 2.56 bits per heavy atom. The number of aromatic nitrogens is 4. The molecule has 3 N–H and O–H groups in total. The fourth-order valence-electron chi connectivity index (χ4n) is 5.26. The molecule has 0 aliphatic carbocycles. The van der Waals surface area contributed by atoms with Gasteiger partial charge in [-0.05, 0) is 56.0 Å². The predicted octanol–water partition coefficient (Wildman–Crippen LogP) is 5.30. The number of thiazole rings is 1. The number of nitrogens with one attached hydrogen (secondary N) is 2. The van der Waals surface area contributed by atoms with Crippen molar-refractivity contribution in [3.8, 4) is 28.5 Å². The first kappa shape index (κ1) is 27.9. The van der Waals surface area contributed by atoms with Crippen LogP contribution in [0.25, 0.3) is 32.6 Å². The molecule has 3 aromatic heterocycles. The summed E-state index contributed by atoms with van der Waals surface area (Å²) in [6.07, 6.45) is 7.73. The van der Waals surface area contributed by atoms with E-state index in [1.807, 2.05) is 30.9 Å². The maximum atomic E-state index is 12.1. The maximum absolute atomic E-state index is 12.1. The number of hydrogen-bond donors (Lipinski definition) is 3. The van der Waals surface area contributed by atoms with Gasteiger partial charge >= 0.3 is 12.0 Å². The highest BCUT2D eigenvalue weighted by molar-refractivity contribution is 7.22. The lowest BCUT2D eigenvalue weighted by Crippen LogP contribution is -2.45. The topological polar surface area (TPSA) is 157 Å². The lowest BCUT2D eigenvalue weighted by Gasteiger charge is -2.38. The van der Waals surface area contributed by atoms with Crippen molar-refractivity contribution in [2.45, 2.75) is 39.5 Å². The molecule has 0 bridgehead atoms. The molecule has 1 fully saturated rings. The first-order chi connectivity index (χ1) is 19.9. The summed E-state index contributed by atoms with van der Waals surface area (Å²) in [7, 11) is 0. The number of pyridine rings is 1. The van der Waals surface area contributed by atoms with Crippen molar-refractivity contribution in [1.82, 2.24) is 25.3 Å². The number of carboxylic acid groups (broad SMARTS) is 1. The van der Waals surface area contributed by atoms with Crippen LogP contribution in [0.2, 0.25) is 0 Å². The zero-order valence-electron chi connectivity index (χ0n) is 22.8. The number of carbonyl (C=O) groups excluding carboxylic acids is 1. The van der Waals surface area contributed by atoms with E-state index in [2.05, 4.69) is 36.6 Å². The van der Waals surface area contributed by atoms with Gasteiger partial charge in [-0.3, -0.25) is 15.1 Å². The summed E-state index contributed by atoms with van der Waals surface area (Å²) in [5.41, 5.74) is 3.17. The smallest absolute Gasteiger partial charge is 0.321 e. The Labute approximate surface area is 241 Å². The molecule has 0 atom stereocenters. The number of fused-ring (bicyclic) bond motifs is 1. The quantitative estimate of drug-likeness (QED) is 0.256. The van der Waals surface area contributed by atoms with Crippen molar-refractivity contribution in [1.29, 1.82) is 5.26 Å². The highest BCUT2D eigenvalue weighted by Crippen LogP contribution is 2.40. The average Bonchev–Trinajstić information content (AvgIpc) is 3.39. The van der Waals surface area contributed by atoms with Gasteiger partial charge in [0.25, 0.3) is 0 Å². The van der Waals surface area contributed by atoms with E-state index in [-0.39, 0.29) is 6.03 Å². The summed E-state index contributed by atoms with van der Waals surface area (Å²) in [5.74, 6) is -0.163. The lowest BCUT2D eigenvalue weighted by molar-refractivity contribution is -0.150. The molecule has 0 spiro atoms. The first-order valence-electron chi connectivity index (χ1n) is 13.5. The number of amides is 2. The molecule has 210 valence electrons. The van der Waals surface area contributed by atoms with Gasteiger partial charge in [-0.25, -0.2) is 19.7 Å². The number of nitrogens with zero attached hydrogens (tertiary/aromatic N) is 6. The SMILES string of the molecule is CCCC1(C(=O)O)CCN(c2ncc(-c3cc(-c4ncccc4C#N)c4sc(NC(=O)NCC)nc4c3)cn2)CC1. The highest BCUT2D eigenvalue weighted by atomic mass is 32.1. The van der Waals surface area contributed by atoms with Crippen LogP contribution in [-0.2, 0) is 4.79 Å². The van der Waals surface area contributed by atoms with Crippen LogP contribution in [0.1, 0.15) is 45.1 Å². The van der Waals surface area contributed by atoms with E-state index in [1.165, 1.54) is 11.3 Å². The number of hydrogen-bond acceptors (Lipinski definition) is 9. The second-order valence-corrected chi connectivity index (χ2v) is 11.0. The Hall–Kier alpha value is -4.63. The third-order valence-corrected chi connectivity index (χ3v) is 8.41. The van der Waals surface area contributed by atoms with E-state index in [0.29, 0.717) is 66.8 Å². The van der Waals surface area contributed by atoms with Gasteiger partial charge in [-0.1, -0.05) is 24.7 Å². The van der Waals surface area contributed by atoms with Crippen LogP contribution in [0.5, 0.6) is 0 Å².